The van der Waals surface area contributed by atoms with Crippen LogP contribution in [0.15, 0.2) is 70.0 Å². The number of amides is 3. The van der Waals surface area contributed by atoms with Gasteiger partial charge < -0.3 is 14.5 Å². The first-order chi connectivity index (χ1) is 18.7. The summed E-state index contributed by atoms with van der Waals surface area (Å²) in [5.74, 6) is -0.104. The minimum atomic E-state index is -0.556. The first kappa shape index (κ1) is 27.9. The molecule has 1 aromatic heterocycles. The number of esters is 1. The minimum absolute atomic E-state index is 0.167. The predicted molar refractivity (Wildman–Crippen MR) is 151 cm³/mol. The number of carbonyl (C=O) groups excluding carboxylic acids is 4. The lowest BCUT2D eigenvalue weighted by atomic mass is 10.0. The number of rotatable bonds is 10. The van der Waals surface area contributed by atoms with Crippen LogP contribution in [0.4, 0.5) is 10.5 Å². The number of hydrogen-bond donors (Lipinski definition) is 1. The summed E-state index contributed by atoms with van der Waals surface area (Å²) in [6.07, 6.45) is 3.25. The van der Waals surface area contributed by atoms with E-state index in [1.54, 1.807) is 48.5 Å². The van der Waals surface area contributed by atoms with Crippen LogP contribution >= 0.6 is 11.8 Å². The molecule has 202 valence electrons. The van der Waals surface area contributed by atoms with Gasteiger partial charge in [0.1, 0.15) is 18.1 Å². The zero-order valence-electron chi connectivity index (χ0n) is 22.1. The van der Waals surface area contributed by atoms with Crippen molar-refractivity contribution in [1.82, 2.24) is 4.90 Å². The third kappa shape index (κ3) is 7.06. The summed E-state index contributed by atoms with van der Waals surface area (Å²) in [6.45, 7) is 6.19. The molecule has 1 aliphatic heterocycles. The Balaban J connectivity index is 1.37. The van der Waals surface area contributed by atoms with Crippen LogP contribution in [0.3, 0.4) is 0 Å². The molecule has 8 nitrogen and oxygen atoms in total. The number of imide groups is 1. The van der Waals surface area contributed by atoms with Gasteiger partial charge in [0.2, 0.25) is 5.91 Å². The van der Waals surface area contributed by atoms with Crippen LogP contribution in [0.5, 0.6) is 0 Å². The standard InChI is InChI=1S/C30H30N2O6S/c1-4-5-16-37-29(35)22-8-6-21(7-9-22)25-15-14-24(38-25)17-26-28(34)32(30(36)39-26)18-27(33)31-23-12-10-20(11-13-23)19(2)3/h6-15,17,19H,4-5,16,18H2,1-3H3,(H,31,33)/b26-17+. The molecule has 1 fully saturated rings. The quantitative estimate of drug-likeness (QED) is 0.171. The summed E-state index contributed by atoms with van der Waals surface area (Å²) in [5.41, 5.74) is 2.93. The molecule has 1 saturated heterocycles. The van der Waals surface area contributed by atoms with Crippen molar-refractivity contribution in [2.24, 2.45) is 0 Å². The van der Waals surface area contributed by atoms with Crippen molar-refractivity contribution in [3.05, 3.63) is 82.5 Å². The van der Waals surface area contributed by atoms with E-state index in [1.807, 2.05) is 19.1 Å². The second-order valence-electron chi connectivity index (χ2n) is 9.36. The van der Waals surface area contributed by atoms with E-state index >= 15 is 0 Å². The molecule has 3 amide bonds. The maximum Gasteiger partial charge on any atom is 0.338 e. The van der Waals surface area contributed by atoms with Gasteiger partial charge >= 0.3 is 5.97 Å². The van der Waals surface area contributed by atoms with Gasteiger partial charge in [-0.25, -0.2) is 4.79 Å². The molecular weight excluding hydrogens is 516 g/mol. The second kappa shape index (κ2) is 12.6. The number of furan rings is 1. The van der Waals surface area contributed by atoms with E-state index in [-0.39, 0.29) is 17.4 Å². The highest BCUT2D eigenvalue weighted by Crippen LogP contribution is 2.33. The highest BCUT2D eigenvalue weighted by atomic mass is 32.2. The Labute approximate surface area is 231 Å². The van der Waals surface area contributed by atoms with Crippen molar-refractivity contribution in [2.45, 2.75) is 39.5 Å². The van der Waals surface area contributed by atoms with Crippen molar-refractivity contribution >= 4 is 46.5 Å². The van der Waals surface area contributed by atoms with Crippen molar-refractivity contribution in [1.29, 1.82) is 0 Å². The Kier molecular flexibility index (Phi) is 9.03. The SMILES string of the molecule is CCCCOC(=O)c1ccc(-c2ccc(/C=C3/SC(=O)N(CC(=O)Nc4ccc(C(C)C)cc4)C3=O)o2)cc1. The topological polar surface area (TPSA) is 106 Å². The fraction of sp³-hybridized carbons (Fsp3) is 0.267. The van der Waals surface area contributed by atoms with E-state index in [1.165, 1.54) is 6.08 Å². The Morgan fingerprint density at radius 1 is 1.03 bits per heavy atom. The molecule has 3 aromatic rings. The molecule has 4 rings (SSSR count). The van der Waals surface area contributed by atoms with Crippen LogP contribution in [-0.4, -0.2) is 41.1 Å². The van der Waals surface area contributed by atoms with Gasteiger partial charge in [-0.3, -0.25) is 19.3 Å². The summed E-state index contributed by atoms with van der Waals surface area (Å²) in [6, 6.07) is 17.7. The lowest BCUT2D eigenvalue weighted by molar-refractivity contribution is -0.127. The normalized spacial score (nSPS) is 14.4. The Bertz CT molecular complexity index is 1390. The number of benzene rings is 2. The maximum absolute atomic E-state index is 12.9. The van der Waals surface area contributed by atoms with Gasteiger partial charge in [0.25, 0.3) is 11.1 Å². The molecule has 0 saturated carbocycles. The monoisotopic (exact) mass is 546 g/mol. The Morgan fingerprint density at radius 3 is 2.41 bits per heavy atom. The molecule has 0 aliphatic carbocycles. The first-order valence-corrected chi connectivity index (χ1v) is 13.6. The van der Waals surface area contributed by atoms with Crippen LogP contribution in [0.25, 0.3) is 17.4 Å². The van der Waals surface area contributed by atoms with Crippen LogP contribution < -0.4 is 5.32 Å². The van der Waals surface area contributed by atoms with Gasteiger partial charge in [-0.1, -0.05) is 51.5 Å². The first-order valence-electron chi connectivity index (χ1n) is 12.8. The maximum atomic E-state index is 12.9. The average Bonchev–Trinajstić information content (AvgIpc) is 3.49. The number of nitrogens with one attached hydrogen (secondary N) is 1. The van der Waals surface area contributed by atoms with E-state index in [4.69, 9.17) is 9.15 Å². The highest BCUT2D eigenvalue weighted by molar-refractivity contribution is 8.18. The number of anilines is 1. The molecule has 9 heteroatoms. The summed E-state index contributed by atoms with van der Waals surface area (Å²) >= 11 is 0.755. The van der Waals surface area contributed by atoms with Gasteiger partial charge in [-0.05, 0) is 66.1 Å². The molecule has 0 bridgehead atoms. The summed E-state index contributed by atoms with van der Waals surface area (Å²) in [4.78, 5) is 51.0. The van der Waals surface area contributed by atoms with Crippen LogP contribution in [0.2, 0.25) is 0 Å². The van der Waals surface area contributed by atoms with E-state index in [2.05, 4.69) is 19.2 Å². The lowest BCUT2D eigenvalue weighted by Gasteiger charge is -2.13. The number of ether oxygens (including phenoxy) is 1. The number of carbonyl (C=O) groups is 4. The number of nitrogens with zero attached hydrogens (tertiary/aromatic N) is 1. The molecule has 2 aromatic carbocycles. The van der Waals surface area contributed by atoms with Crippen LogP contribution in [-0.2, 0) is 14.3 Å². The Morgan fingerprint density at radius 2 is 1.74 bits per heavy atom. The smallest absolute Gasteiger partial charge is 0.338 e. The zero-order valence-corrected chi connectivity index (χ0v) is 22.9. The number of unbranched alkanes of at least 4 members (excludes halogenated alkanes) is 1. The fourth-order valence-electron chi connectivity index (χ4n) is 3.81. The summed E-state index contributed by atoms with van der Waals surface area (Å²) in [5, 5.41) is 2.20. The average molecular weight is 547 g/mol. The van der Waals surface area contributed by atoms with E-state index in [0.29, 0.717) is 35.3 Å². The van der Waals surface area contributed by atoms with Gasteiger partial charge in [-0.15, -0.1) is 0 Å². The van der Waals surface area contributed by atoms with Gasteiger partial charge in [0, 0.05) is 17.3 Å². The molecular formula is C30H30N2O6S. The highest BCUT2D eigenvalue weighted by Gasteiger charge is 2.36. The van der Waals surface area contributed by atoms with Crippen molar-refractivity contribution in [3.63, 3.8) is 0 Å². The molecule has 0 spiro atoms. The van der Waals surface area contributed by atoms with Crippen molar-refractivity contribution < 1.29 is 28.3 Å². The molecule has 2 heterocycles. The van der Waals surface area contributed by atoms with Crippen LogP contribution in [0, 0.1) is 0 Å². The summed E-state index contributed by atoms with van der Waals surface area (Å²) in [7, 11) is 0. The lowest BCUT2D eigenvalue weighted by Crippen LogP contribution is -2.36. The largest absolute Gasteiger partial charge is 0.462 e. The van der Waals surface area contributed by atoms with Gasteiger partial charge in [-0.2, -0.15) is 0 Å². The molecule has 39 heavy (non-hydrogen) atoms. The molecule has 0 atom stereocenters. The van der Waals surface area contributed by atoms with E-state index in [9.17, 15) is 19.2 Å². The number of thioether (sulfide) groups is 1. The third-order valence-electron chi connectivity index (χ3n) is 6.07. The van der Waals surface area contributed by atoms with E-state index < -0.39 is 17.1 Å². The predicted octanol–water partition coefficient (Wildman–Crippen LogP) is 6.70. The van der Waals surface area contributed by atoms with Crippen LogP contribution in [0.1, 0.15) is 61.2 Å². The van der Waals surface area contributed by atoms with Crippen molar-refractivity contribution in [2.75, 3.05) is 18.5 Å². The molecule has 0 radical (unpaired) electrons. The Hall–Kier alpha value is -4.11. The van der Waals surface area contributed by atoms with Gasteiger partial charge in [0.05, 0.1) is 17.1 Å². The molecule has 0 unspecified atom stereocenters. The second-order valence-corrected chi connectivity index (χ2v) is 10.4. The minimum Gasteiger partial charge on any atom is -0.462 e. The van der Waals surface area contributed by atoms with Crippen molar-refractivity contribution in [3.8, 4) is 11.3 Å². The fourth-order valence-corrected chi connectivity index (χ4v) is 4.63. The molecule has 1 N–H and O–H groups in total. The zero-order chi connectivity index (χ0) is 27.9. The molecule has 1 aliphatic rings. The number of hydrogen-bond acceptors (Lipinski definition) is 7. The van der Waals surface area contributed by atoms with E-state index in [0.717, 1.165) is 40.6 Å². The third-order valence-corrected chi connectivity index (χ3v) is 6.98. The van der Waals surface area contributed by atoms with Gasteiger partial charge in [0.15, 0.2) is 0 Å². The summed E-state index contributed by atoms with van der Waals surface area (Å²) < 4.78 is 11.1.